The highest BCUT2D eigenvalue weighted by Gasteiger charge is 2.51. The molecule has 0 N–H and O–H groups in total. The van der Waals surface area contributed by atoms with Gasteiger partial charge in [0.05, 0.1) is 26.4 Å². The molecule has 0 saturated carbocycles. The summed E-state index contributed by atoms with van der Waals surface area (Å²) in [5, 5.41) is 0. The lowest BCUT2D eigenvalue weighted by atomic mass is 9.98. The molecule has 0 bridgehead atoms. The fourth-order valence-corrected chi connectivity index (χ4v) is 4.38. The molecular formula is C31H34O8. The van der Waals surface area contributed by atoms with Crippen molar-refractivity contribution in [2.75, 3.05) is 6.61 Å². The molecule has 39 heavy (non-hydrogen) atoms. The summed E-state index contributed by atoms with van der Waals surface area (Å²) < 4.78 is 36.0. The van der Waals surface area contributed by atoms with Crippen LogP contribution in [0.3, 0.4) is 0 Å². The Kier molecular flexibility index (Phi) is 10.6. The van der Waals surface area contributed by atoms with E-state index in [9.17, 15) is 9.59 Å². The van der Waals surface area contributed by atoms with Crippen molar-refractivity contribution in [3.63, 3.8) is 0 Å². The molecule has 8 heteroatoms. The van der Waals surface area contributed by atoms with Crippen molar-refractivity contribution in [3.05, 3.63) is 108 Å². The standard InChI is InChI=1S/C31H34O8/c1-22(32)37-30-29(36-20-26-16-10-5-11-17-26)28(35-19-25-14-8-4-9-15-25)27(39-31(30)38-23(2)33)21-34-18-24-12-6-3-7-13-24/h3-17,27-31H,18-21H2,1-2H3/t27-,28-,29+,30+,31+/m1/s1. The zero-order chi connectivity index (χ0) is 27.5. The van der Waals surface area contributed by atoms with Crippen LogP contribution in [0, 0.1) is 0 Å². The van der Waals surface area contributed by atoms with E-state index < -0.39 is 42.6 Å². The Hall–Kier alpha value is -3.56. The molecule has 8 nitrogen and oxygen atoms in total. The molecule has 206 valence electrons. The summed E-state index contributed by atoms with van der Waals surface area (Å²) in [6.07, 6.45) is -4.47. The van der Waals surface area contributed by atoms with Gasteiger partial charge in [0.15, 0.2) is 6.10 Å². The van der Waals surface area contributed by atoms with Gasteiger partial charge >= 0.3 is 11.9 Å². The van der Waals surface area contributed by atoms with Gasteiger partial charge in [-0.05, 0) is 16.7 Å². The summed E-state index contributed by atoms with van der Waals surface area (Å²) >= 11 is 0. The van der Waals surface area contributed by atoms with Crippen LogP contribution in [0.4, 0.5) is 0 Å². The van der Waals surface area contributed by atoms with Crippen LogP contribution in [0.2, 0.25) is 0 Å². The minimum absolute atomic E-state index is 0.129. The molecule has 0 aromatic heterocycles. The molecule has 3 aromatic carbocycles. The average Bonchev–Trinajstić information content (AvgIpc) is 2.94. The molecule has 0 radical (unpaired) electrons. The van der Waals surface area contributed by atoms with E-state index in [-0.39, 0.29) is 19.8 Å². The smallest absolute Gasteiger partial charge is 0.305 e. The van der Waals surface area contributed by atoms with Gasteiger partial charge in [-0.3, -0.25) is 9.59 Å². The van der Waals surface area contributed by atoms with Gasteiger partial charge in [0.25, 0.3) is 0 Å². The Morgan fingerprint density at radius 1 is 0.615 bits per heavy atom. The van der Waals surface area contributed by atoms with Gasteiger partial charge in [-0.25, -0.2) is 0 Å². The van der Waals surface area contributed by atoms with E-state index in [0.717, 1.165) is 16.7 Å². The quantitative estimate of drug-likeness (QED) is 0.312. The van der Waals surface area contributed by atoms with Crippen LogP contribution in [0.25, 0.3) is 0 Å². The largest absolute Gasteiger partial charge is 0.453 e. The minimum atomic E-state index is -1.20. The van der Waals surface area contributed by atoms with Gasteiger partial charge in [-0.1, -0.05) is 91.0 Å². The molecular weight excluding hydrogens is 500 g/mol. The highest BCUT2D eigenvalue weighted by molar-refractivity contribution is 5.67. The van der Waals surface area contributed by atoms with E-state index in [2.05, 4.69) is 0 Å². The summed E-state index contributed by atoms with van der Waals surface area (Å²) in [5.74, 6) is -1.14. The van der Waals surface area contributed by atoms with Gasteiger partial charge in [-0.15, -0.1) is 0 Å². The van der Waals surface area contributed by atoms with Crippen molar-refractivity contribution >= 4 is 11.9 Å². The van der Waals surface area contributed by atoms with Gasteiger partial charge in [0.2, 0.25) is 6.29 Å². The number of carbonyl (C=O) groups is 2. The highest BCUT2D eigenvalue weighted by atomic mass is 16.7. The molecule has 4 rings (SSSR count). The minimum Gasteiger partial charge on any atom is -0.453 e. The normalized spacial score (nSPS) is 22.7. The van der Waals surface area contributed by atoms with Crippen molar-refractivity contribution < 1.29 is 38.0 Å². The molecule has 1 fully saturated rings. The Balaban J connectivity index is 1.60. The maximum absolute atomic E-state index is 12.1. The molecule has 0 amide bonds. The predicted octanol–water partition coefficient (Wildman–Crippen LogP) is 4.59. The lowest BCUT2D eigenvalue weighted by Gasteiger charge is -2.44. The van der Waals surface area contributed by atoms with Crippen LogP contribution >= 0.6 is 0 Å². The third-order valence-corrected chi connectivity index (χ3v) is 6.14. The van der Waals surface area contributed by atoms with E-state index in [1.807, 2.05) is 91.0 Å². The number of benzene rings is 3. The number of carbonyl (C=O) groups excluding carboxylic acids is 2. The number of hydrogen-bond acceptors (Lipinski definition) is 8. The number of esters is 2. The van der Waals surface area contributed by atoms with Crippen LogP contribution in [0.15, 0.2) is 91.0 Å². The van der Waals surface area contributed by atoms with Crippen LogP contribution in [-0.2, 0) is 57.8 Å². The first kappa shape index (κ1) is 28.4. The third-order valence-electron chi connectivity index (χ3n) is 6.14. The van der Waals surface area contributed by atoms with Crippen molar-refractivity contribution in [2.45, 2.75) is 64.4 Å². The van der Waals surface area contributed by atoms with Crippen molar-refractivity contribution in [1.29, 1.82) is 0 Å². The molecule has 1 heterocycles. The first-order valence-corrected chi connectivity index (χ1v) is 12.9. The summed E-state index contributed by atoms with van der Waals surface area (Å²) in [6, 6.07) is 29.1. The van der Waals surface area contributed by atoms with Gasteiger partial charge < -0.3 is 28.4 Å². The maximum atomic E-state index is 12.1. The molecule has 1 aliphatic heterocycles. The third kappa shape index (κ3) is 8.73. The van der Waals surface area contributed by atoms with E-state index in [1.54, 1.807) is 0 Å². The lowest BCUT2D eigenvalue weighted by Crippen LogP contribution is -2.62. The fourth-order valence-electron chi connectivity index (χ4n) is 4.38. The van der Waals surface area contributed by atoms with Crippen LogP contribution in [-0.4, -0.2) is 49.3 Å². The van der Waals surface area contributed by atoms with Gasteiger partial charge in [0, 0.05) is 13.8 Å². The second kappa shape index (κ2) is 14.6. The lowest BCUT2D eigenvalue weighted by molar-refractivity contribution is -0.312. The monoisotopic (exact) mass is 534 g/mol. The van der Waals surface area contributed by atoms with Crippen LogP contribution in [0.5, 0.6) is 0 Å². The summed E-state index contributed by atoms with van der Waals surface area (Å²) in [7, 11) is 0. The molecule has 1 aliphatic rings. The number of hydrogen-bond donors (Lipinski definition) is 0. The van der Waals surface area contributed by atoms with Crippen LogP contribution in [0.1, 0.15) is 30.5 Å². The second-order valence-electron chi connectivity index (χ2n) is 9.25. The van der Waals surface area contributed by atoms with Crippen molar-refractivity contribution in [2.24, 2.45) is 0 Å². The Bertz CT molecular complexity index is 1150. The number of ether oxygens (including phenoxy) is 6. The molecule has 3 aromatic rings. The molecule has 0 spiro atoms. The predicted molar refractivity (Wildman–Crippen MR) is 142 cm³/mol. The fraction of sp³-hybridized carbons (Fsp3) is 0.355. The Morgan fingerprint density at radius 2 is 1.08 bits per heavy atom. The van der Waals surface area contributed by atoms with Gasteiger partial charge in [-0.2, -0.15) is 0 Å². The number of rotatable bonds is 12. The molecule has 0 unspecified atom stereocenters. The van der Waals surface area contributed by atoms with Gasteiger partial charge in [0.1, 0.15) is 18.3 Å². The SMILES string of the molecule is CC(=O)O[C@H]1O[C@H](COCc2ccccc2)[C@@H](OCc2ccccc2)[C@H](OCc2ccccc2)[C@@H]1OC(C)=O. The summed E-state index contributed by atoms with van der Waals surface area (Å²) in [5.41, 5.74) is 2.88. The molecule has 1 saturated heterocycles. The van der Waals surface area contributed by atoms with E-state index in [0.29, 0.717) is 6.61 Å². The first-order chi connectivity index (χ1) is 19.0. The van der Waals surface area contributed by atoms with E-state index in [4.69, 9.17) is 28.4 Å². The molecule has 5 atom stereocenters. The molecule has 0 aliphatic carbocycles. The maximum Gasteiger partial charge on any atom is 0.305 e. The first-order valence-electron chi connectivity index (χ1n) is 12.9. The zero-order valence-corrected chi connectivity index (χ0v) is 22.1. The van der Waals surface area contributed by atoms with Crippen LogP contribution < -0.4 is 0 Å². The summed E-state index contributed by atoms with van der Waals surface area (Å²) in [4.78, 5) is 24.1. The van der Waals surface area contributed by atoms with Crippen molar-refractivity contribution in [3.8, 4) is 0 Å². The average molecular weight is 535 g/mol. The Labute approximate surface area is 228 Å². The topological polar surface area (TPSA) is 89.5 Å². The Morgan fingerprint density at radius 3 is 1.56 bits per heavy atom. The van der Waals surface area contributed by atoms with E-state index in [1.165, 1.54) is 13.8 Å². The van der Waals surface area contributed by atoms with Crippen molar-refractivity contribution in [1.82, 2.24) is 0 Å². The summed E-state index contributed by atoms with van der Waals surface area (Å²) in [6.45, 7) is 3.53. The highest BCUT2D eigenvalue weighted by Crippen LogP contribution is 2.31. The van der Waals surface area contributed by atoms with E-state index >= 15 is 0 Å². The second-order valence-corrected chi connectivity index (χ2v) is 9.25. The zero-order valence-electron chi connectivity index (χ0n) is 22.1.